The molecule has 1 N–H and O–H groups in total. The van der Waals surface area contributed by atoms with Crippen LogP contribution in [0.4, 0.5) is 19.0 Å². The Labute approximate surface area is 113 Å². The van der Waals surface area contributed by atoms with Gasteiger partial charge < -0.3 is 10.0 Å². The van der Waals surface area contributed by atoms with Crippen molar-refractivity contribution in [1.82, 2.24) is 9.97 Å². The van der Waals surface area contributed by atoms with Gasteiger partial charge in [-0.15, -0.1) is 0 Å². The van der Waals surface area contributed by atoms with Crippen molar-refractivity contribution in [2.75, 3.05) is 24.6 Å². The van der Waals surface area contributed by atoms with E-state index in [1.165, 1.54) is 0 Å². The molecular weight excluding hydrogens is 283 g/mol. The Balaban J connectivity index is 2.19. The standard InChI is InChI=1S/C11H13ClF3N3O/c12-10-16-8(11(13,14)15)5-9(17-10)18-3-1-7(6-19)2-4-18/h5,7,19H,1-4,6H2. The third-order valence-electron chi connectivity index (χ3n) is 3.17. The molecule has 0 radical (unpaired) electrons. The third kappa shape index (κ3) is 3.48. The van der Waals surface area contributed by atoms with Gasteiger partial charge in [-0.25, -0.2) is 9.97 Å². The average molecular weight is 296 g/mol. The lowest BCUT2D eigenvalue weighted by atomic mass is 9.98. The van der Waals surface area contributed by atoms with Gasteiger partial charge in [0.15, 0.2) is 5.69 Å². The number of halogens is 4. The van der Waals surface area contributed by atoms with Gasteiger partial charge in [0, 0.05) is 25.8 Å². The highest BCUT2D eigenvalue weighted by atomic mass is 35.5. The van der Waals surface area contributed by atoms with E-state index in [0.717, 1.165) is 18.9 Å². The summed E-state index contributed by atoms with van der Waals surface area (Å²) in [7, 11) is 0. The van der Waals surface area contributed by atoms with Crippen LogP contribution in [0.15, 0.2) is 6.07 Å². The largest absolute Gasteiger partial charge is 0.433 e. The molecular formula is C11H13ClF3N3O. The zero-order chi connectivity index (χ0) is 14.0. The first-order valence-corrected chi connectivity index (χ1v) is 6.25. The molecule has 4 nitrogen and oxygen atoms in total. The maximum atomic E-state index is 12.6. The highest BCUT2D eigenvalue weighted by molar-refractivity contribution is 6.28. The first-order chi connectivity index (χ1) is 8.90. The number of anilines is 1. The molecule has 1 saturated heterocycles. The van der Waals surface area contributed by atoms with Crippen LogP contribution >= 0.6 is 11.6 Å². The summed E-state index contributed by atoms with van der Waals surface area (Å²) >= 11 is 5.54. The molecule has 1 aliphatic rings. The van der Waals surface area contributed by atoms with E-state index in [1.54, 1.807) is 4.90 Å². The molecule has 0 spiro atoms. The predicted molar refractivity (Wildman–Crippen MR) is 64.1 cm³/mol. The van der Waals surface area contributed by atoms with Crippen LogP contribution in [0.25, 0.3) is 0 Å². The minimum absolute atomic E-state index is 0.103. The Hall–Kier alpha value is -1.08. The summed E-state index contributed by atoms with van der Waals surface area (Å²) in [5.41, 5.74) is -1.04. The number of hydrogen-bond donors (Lipinski definition) is 1. The van der Waals surface area contributed by atoms with Crippen LogP contribution in [0.2, 0.25) is 5.28 Å². The Morgan fingerprint density at radius 3 is 2.47 bits per heavy atom. The van der Waals surface area contributed by atoms with E-state index >= 15 is 0 Å². The first-order valence-electron chi connectivity index (χ1n) is 5.87. The summed E-state index contributed by atoms with van der Waals surface area (Å²) in [4.78, 5) is 8.76. The highest BCUT2D eigenvalue weighted by Crippen LogP contribution is 2.31. The van der Waals surface area contributed by atoms with Crippen LogP contribution in [0.1, 0.15) is 18.5 Å². The van der Waals surface area contributed by atoms with E-state index in [9.17, 15) is 13.2 Å². The smallest absolute Gasteiger partial charge is 0.396 e. The number of aromatic nitrogens is 2. The molecule has 1 aromatic heterocycles. The lowest BCUT2D eigenvalue weighted by molar-refractivity contribution is -0.141. The Kier molecular flexibility index (Phi) is 4.15. The van der Waals surface area contributed by atoms with Gasteiger partial charge >= 0.3 is 6.18 Å². The van der Waals surface area contributed by atoms with Gasteiger partial charge in [0.1, 0.15) is 5.82 Å². The third-order valence-corrected chi connectivity index (χ3v) is 3.34. The topological polar surface area (TPSA) is 49.2 Å². The van der Waals surface area contributed by atoms with Gasteiger partial charge in [-0.3, -0.25) is 0 Å². The highest BCUT2D eigenvalue weighted by Gasteiger charge is 2.34. The van der Waals surface area contributed by atoms with E-state index in [2.05, 4.69) is 9.97 Å². The van der Waals surface area contributed by atoms with Crippen LogP contribution in [0.5, 0.6) is 0 Å². The van der Waals surface area contributed by atoms with Crippen LogP contribution in [0.3, 0.4) is 0 Å². The summed E-state index contributed by atoms with van der Waals surface area (Å²) in [5.74, 6) is 0.388. The second-order valence-electron chi connectivity index (χ2n) is 4.49. The van der Waals surface area contributed by atoms with Crippen molar-refractivity contribution in [3.8, 4) is 0 Å². The number of nitrogens with zero attached hydrogens (tertiary/aromatic N) is 3. The van der Waals surface area contributed by atoms with Crippen molar-refractivity contribution in [1.29, 1.82) is 0 Å². The van der Waals surface area contributed by atoms with Crippen LogP contribution in [0, 0.1) is 5.92 Å². The Bertz CT molecular complexity index is 447. The molecule has 0 amide bonds. The number of aliphatic hydroxyl groups is 1. The zero-order valence-corrected chi connectivity index (χ0v) is 10.7. The van der Waals surface area contributed by atoms with E-state index in [1.807, 2.05) is 0 Å². The van der Waals surface area contributed by atoms with Crippen LogP contribution in [-0.2, 0) is 6.18 Å². The van der Waals surface area contributed by atoms with Crippen molar-refractivity contribution < 1.29 is 18.3 Å². The summed E-state index contributed by atoms with van der Waals surface area (Å²) in [6.07, 6.45) is -3.09. The molecule has 0 saturated carbocycles. The van der Waals surface area contributed by atoms with Crippen LogP contribution in [-0.4, -0.2) is 34.8 Å². The van der Waals surface area contributed by atoms with E-state index in [4.69, 9.17) is 16.7 Å². The van der Waals surface area contributed by atoms with Crippen LogP contribution < -0.4 is 4.90 Å². The molecule has 106 valence electrons. The molecule has 0 aromatic carbocycles. The monoisotopic (exact) mass is 295 g/mol. The molecule has 1 fully saturated rings. The number of rotatable bonds is 2. The zero-order valence-electron chi connectivity index (χ0n) is 9.99. The van der Waals surface area contributed by atoms with Crippen molar-refractivity contribution in [3.63, 3.8) is 0 Å². The molecule has 2 rings (SSSR count). The van der Waals surface area contributed by atoms with Gasteiger partial charge in [-0.05, 0) is 30.4 Å². The molecule has 0 aliphatic carbocycles. The van der Waals surface area contributed by atoms with Crippen molar-refractivity contribution >= 4 is 17.4 Å². The maximum Gasteiger partial charge on any atom is 0.433 e. The molecule has 0 bridgehead atoms. The van der Waals surface area contributed by atoms with E-state index < -0.39 is 17.2 Å². The Morgan fingerprint density at radius 2 is 1.95 bits per heavy atom. The quantitative estimate of drug-likeness (QED) is 0.851. The molecule has 0 unspecified atom stereocenters. The van der Waals surface area contributed by atoms with Gasteiger partial charge in [0.25, 0.3) is 0 Å². The summed E-state index contributed by atoms with van der Waals surface area (Å²) in [5, 5.41) is 8.62. The summed E-state index contributed by atoms with van der Waals surface area (Å²) in [6.45, 7) is 1.21. The number of piperidine rings is 1. The molecule has 2 heterocycles. The average Bonchev–Trinajstić information content (AvgIpc) is 2.37. The lowest BCUT2D eigenvalue weighted by Crippen LogP contribution is -2.35. The summed E-state index contributed by atoms with van der Waals surface area (Å²) in [6, 6.07) is 0.908. The minimum atomic E-state index is -4.54. The van der Waals surface area contributed by atoms with Crippen molar-refractivity contribution in [3.05, 3.63) is 17.0 Å². The normalized spacial score (nSPS) is 17.8. The van der Waals surface area contributed by atoms with E-state index in [0.29, 0.717) is 13.1 Å². The van der Waals surface area contributed by atoms with Gasteiger partial charge in [-0.2, -0.15) is 13.2 Å². The van der Waals surface area contributed by atoms with Gasteiger partial charge in [0.05, 0.1) is 0 Å². The molecule has 1 aromatic rings. The molecule has 0 atom stereocenters. The lowest BCUT2D eigenvalue weighted by Gasteiger charge is -2.32. The molecule has 8 heteroatoms. The predicted octanol–water partition coefficient (Wildman–Crippen LogP) is 2.36. The second kappa shape index (κ2) is 5.50. The fraction of sp³-hybridized carbons (Fsp3) is 0.636. The second-order valence-corrected chi connectivity index (χ2v) is 4.83. The maximum absolute atomic E-state index is 12.6. The first kappa shape index (κ1) is 14.3. The fourth-order valence-electron chi connectivity index (χ4n) is 2.06. The number of hydrogen-bond acceptors (Lipinski definition) is 4. The van der Waals surface area contributed by atoms with Crippen molar-refractivity contribution in [2.45, 2.75) is 19.0 Å². The SMILES string of the molecule is OCC1CCN(c2cc(C(F)(F)F)nc(Cl)n2)CC1. The number of alkyl halides is 3. The Morgan fingerprint density at radius 1 is 1.32 bits per heavy atom. The summed E-state index contributed by atoms with van der Waals surface area (Å²) < 4.78 is 37.9. The van der Waals surface area contributed by atoms with Crippen molar-refractivity contribution in [2.24, 2.45) is 5.92 Å². The molecule has 19 heavy (non-hydrogen) atoms. The van der Waals surface area contributed by atoms with Gasteiger partial charge in [-0.1, -0.05) is 0 Å². The fourth-order valence-corrected chi connectivity index (χ4v) is 2.24. The minimum Gasteiger partial charge on any atom is -0.396 e. The molecule has 1 aliphatic heterocycles. The number of aliphatic hydroxyl groups excluding tert-OH is 1. The van der Waals surface area contributed by atoms with E-state index in [-0.39, 0.29) is 18.3 Å². The van der Waals surface area contributed by atoms with Gasteiger partial charge in [0.2, 0.25) is 5.28 Å².